The van der Waals surface area contributed by atoms with E-state index in [0.29, 0.717) is 17.1 Å². The van der Waals surface area contributed by atoms with Crippen molar-refractivity contribution in [2.45, 2.75) is 18.0 Å². The van der Waals surface area contributed by atoms with Crippen LogP contribution in [0.5, 0.6) is 0 Å². The van der Waals surface area contributed by atoms with Gasteiger partial charge in [-0.25, -0.2) is 4.79 Å². The lowest BCUT2D eigenvalue weighted by molar-refractivity contribution is -0.120. The molecule has 1 aliphatic rings. The zero-order valence-electron chi connectivity index (χ0n) is 17.0. The first-order valence-corrected chi connectivity index (χ1v) is 11.7. The molecule has 1 unspecified atom stereocenters. The number of amides is 2. The molecule has 1 aliphatic heterocycles. The van der Waals surface area contributed by atoms with E-state index in [1.807, 2.05) is 42.5 Å². The minimum atomic E-state index is -0.718. The number of nitrogen functional groups attached to an aromatic ring is 1. The summed E-state index contributed by atoms with van der Waals surface area (Å²) < 4.78 is 6.39. The van der Waals surface area contributed by atoms with Crippen molar-refractivity contribution in [2.75, 3.05) is 16.8 Å². The molecule has 164 valence electrons. The van der Waals surface area contributed by atoms with Gasteiger partial charge < -0.3 is 15.8 Å². The highest BCUT2D eigenvalue weighted by atomic mass is 79.9. The summed E-state index contributed by atoms with van der Waals surface area (Å²) in [4.78, 5) is 31.9. The Bertz CT molecular complexity index is 1100. The lowest BCUT2D eigenvalue weighted by Gasteiger charge is -2.28. The number of aromatic nitrogens is 1. The van der Waals surface area contributed by atoms with Crippen molar-refractivity contribution in [3.05, 3.63) is 88.7 Å². The average molecular weight is 513 g/mol. The fourth-order valence-corrected chi connectivity index (χ4v) is 5.17. The van der Waals surface area contributed by atoms with E-state index in [0.717, 1.165) is 15.6 Å². The van der Waals surface area contributed by atoms with Crippen LogP contribution in [0, 0.1) is 0 Å². The second-order valence-electron chi connectivity index (χ2n) is 7.15. The minimum absolute atomic E-state index is 0.123. The molecule has 1 aromatic heterocycles. The normalized spacial score (nSPS) is 17.7. The van der Waals surface area contributed by atoms with Crippen molar-refractivity contribution in [3.63, 3.8) is 0 Å². The molecule has 32 heavy (non-hydrogen) atoms. The van der Waals surface area contributed by atoms with Gasteiger partial charge >= 0.3 is 6.09 Å². The van der Waals surface area contributed by atoms with Crippen LogP contribution in [0.15, 0.2) is 77.5 Å². The van der Waals surface area contributed by atoms with Crippen LogP contribution in [0.1, 0.15) is 16.5 Å². The van der Waals surface area contributed by atoms with Gasteiger partial charge in [-0.15, -0.1) is 11.8 Å². The van der Waals surface area contributed by atoms with Crippen LogP contribution in [0.2, 0.25) is 0 Å². The number of carbonyl (C=O) groups is 2. The lowest BCUT2D eigenvalue weighted by atomic mass is 10.2. The molecule has 1 fully saturated rings. The van der Waals surface area contributed by atoms with Gasteiger partial charge in [0.05, 0.1) is 11.4 Å². The summed E-state index contributed by atoms with van der Waals surface area (Å²) in [5, 5.41) is 2.49. The third-order valence-corrected chi connectivity index (χ3v) is 6.80. The standard InChI is InChI=1S/C23H21BrN4O3S/c24-17-6-7-19(18(25)12-17)27-21(29)20-14-32-22(16-8-10-26-11-9-16)28(20)23(30)31-13-15-4-2-1-3-5-15/h1-12,20,22H,13-14,25H2,(H,27,29)/t20?,22-/m0/s1. The number of hydrogen-bond acceptors (Lipinski definition) is 6. The molecule has 9 heteroatoms. The highest BCUT2D eigenvalue weighted by molar-refractivity contribution is 9.10. The quantitative estimate of drug-likeness (QED) is 0.475. The first kappa shape index (κ1) is 22.2. The Kier molecular flexibility index (Phi) is 6.96. The minimum Gasteiger partial charge on any atom is -0.444 e. The van der Waals surface area contributed by atoms with E-state index >= 15 is 0 Å². The second kappa shape index (κ2) is 10.1. The van der Waals surface area contributed by atoms with Crippen LogP contribution in [-0.4, -0.2) is 33.7 Å². The van der Waals surface area contributed by atoms with Crippen LogP contribution in [-0.2, 0) is 16.1 Å². The monoisotopic (exact) mass is 512 g/mol. The van der Waals surface area contributed by atoms with Gasteiger partial charge in [-0.3, -0.25) is 14.7 Å². The van der Waals surface area contributed by atoms with E-state index < -0.39 is 12.1 Å². The number of carbonyl (C=O) groups excluding carboxylic acids is 2. The molecule has 2 amide bonds. The summed E-state index contributed by atoms with van der Waals surface area (Å²) in [7, 11) is 0. The van der Waals surface area contributed by atoms with E-state index in [-0.39, 0.29) is 17.9 Å². The van der Waals surface area contributed by atoms with E-state index in [9.17, 15) is 9.59 Å². The molecule has 7 nitrogen and oxygen atoms in total. The number of anilines is 2. The number of thioether (sulfide) groups is 1. The van der Waals surface area contributed by atoms with Crippen molar-refractivity contribution in [1.82, 2.24) is 9.88 Å². The van der Waals surface area contributed by atoms with Crippen molar-refractivity contribution in [1.29, 1.82) is 0 Å². The molecule has 1 saturated heterocycles. The maximum Gasteiger partial charge on any atom is 0.412 e. The van der Waals surface area contributed by atoms with Gasteiger partial charge in [-0.05, 0) is 41.5 Å². The van der Waals surface area contributed by atoms with E-state index in [1.54, 1.807) is 30.6 Å². The molecule has 0 saturated carbocycles. The Morgan fingerprint density at radius 2 is 1.91 bits per heavy atom. The molecule has 3 aromatic rings. The third kappa shape index (κ3) is 5.05. The Labute approximate surface area is 198 Å². The molecular formula is C23H21BrN4O3S. The Morgan fingerprint density at radius 3 is 2.62 bits per heavy atom. The predicted molar refractivity (Wildman–Crippen MR) is 129 cm³/mol. The topological polar surface area (TPSA) is 97.5 Å². The number of benzene rings is 2. The van der Waals surface area contributed by atoms with E-state index in [2.05, 4.69) is 26.2 Å². The van der Waals surface area contributed by atoms with Crippen LogP contribution < -0.4 is 11.1 Å². The zero-order chi connectivity index (χ0) is 22.5. The number of hydrogen-bond donors (Lipinski definition) is 2. The summed E-state index contributed by atoms with van der Waals surface area (Å²) in [5.74, 6) is 0.107. The lowest BCUT2D eigenvalue weighted by Crippen LogP contribution is -2.45. The first-order chi connectivity index (χ1) is 15.5. The summed E-state index contributed by atoms with van der Waals surface area (Å²) in [6, 6.07) is 17.6. The summed E-state index contributed by atoms with van der Waals surface area (Å²) in [6.07, 6.45) is 2.78. The van der Waals surface area contributed by atoms with Gasteiger partial charge in [0.25, 0.3) is 0 Å². The van der Waals surface area contributed by atoms with Crippen molar-refractivity contribution < 1.29 is 14.3 Å². The number of nitrogens with one attached hydrogen (secondary N) is 1. The smallest absolute Gasteiger partial charge is 0.412 e. The number of nitrogens with zero attached hydrogens (tertiary/aromatic N) is 2. The van der Waals surface area contributed by atoms with E-state index in [1.165, 1.54) is 16.7 Å². The number of halogens is 1. The summed E-state index contributed by atoms with van der Waals surface area (Å²) in [6.45, 7) is 0.123. The molecule has 2 aromatic carbocycles. The summed E-state index contributed by atoms with van der Waals surface area (Å²) >= 11 is 4.86. The molecule has 2 atom stereocenters. The zero-order valence-corrected chi connectivity index (χ0v) is 19.4. The van der Waals surface area contributed by atoms with Crippen molar-refractivity contribution in [3.8, 4) is 0 Å². The average Bonchev–Trinajstić information content (AvgIpc) is 3.26. The fourth-order valence-electron chi connectivity index (χ4n) is 3.37. The molecule has 4 rings (SSSR count). The van der Waals surface area contributed by atoms with Gasteiger partial charge in [0.2, 0.25) is 5.91 Å². The molecule has 2 heterocycles. The number of nitrogens with two attached hydrogens (primary N) is 1. The molecule has 0 radical (unpaired) electrons. The Hall–Kier alpha value is -3.04. The molecule has 0 spiro atoms. The van der Waals surface area contributed by atoms with Crippen LogP contribution in [0.3, 0.4) is 0 Å². The van der Waals surface area contributed by atoms with Gasteiger partial charge in [-0.2, -0.15) is 0 Å². The van der Waals surface area contributed by atoms with Gasteiger partial charge in [0, 0.05) is 22.6 Å². The number of rotatable bonds is 5. The van der Waals surface area contributed by atoms with Gasteiger partial charge in [0.15, 0.2) is 0 Å². The maximum atomic E-state index is 13.2. The van der Waals surface area contributed by atoms with E-state index in [4.69, 9.17) is 10.5 Å². The Morgan fingerprint density at radius 1 is 1.16 bits per heavy atom. The maximum absolute atomic E-state index is 13.2. The molecule has 3 N–H and O–H groups in total. The Balaban J connectivity index is 1.55. The summed E-state index contributed by atoms with van der Waals surface area (Å²) in [5.41, 5.74) is 8.70. The van der Waals surface area contributed by atoms with Crippen molar-refractivity contribution in [2.24, 2.45) is 0 Å². The number of ether oxygens (including phenoxy) is 1. The van der Waals surface area contributed by atoms with Crippen LogP contribution >= 0.6 is 27.7 Å². The second-order valence-corrected chi connectivity index (χ2v) is 9.18. The van der Waals surface area contributed by atoms with Gasteiger partial charge in [-0.1, -0.05) is 46.3 Å². The SMILES string of the molecule is Nc1cc(Br)ccc1NC(=O)C1CS[C@@H](c2ccncc2)N1C(=O)OCc1ccccc1. The number of pyridine rings is 1. The largest absolute Gasteiger partial charge is 0.444 e. The highest BCUT2D eigenvalue weighted by Crippen LogP contribution is 2.42. The molecule has 0 aliphatic carbocycles. The molecule has 0 bridgehead atoms. The molecular weight excluding hydrogens is 492 g/mol. The highest BCUT2D eigenvalue weighted by Gasteiger charge is 2.43. The third-order valence-electron chi connectivity index (χ3n) is 4.98. The van der Waals surface area contributed by atoms with Gasteiger partial charge in [0.1, 0.15) is 18.0 Å². The predicted octanol–water partition coefficient (Wildman–Crippen LogP) is 4.82. The fraction of sp³-hybridized carbons (Fsp3) is 0.174. The van der Waals surface area contributed by atoms with Crippen LogP contribution in [0.4, 0.5) is 16.2 Å². The van der Waals surface area contributed by atoms with Crippen LogP contribution in [0.25, 0.3) is 0 Å². The first-order valence-electron chi connectivity index (χ1n) is 9.89. The van der Waals surface area contributed by atoms with Crippen molar-refractivity contribution >= 4 is 51.1 Å².